The normalized spacial score (nSPS) is 11.4. The number of hydrogen-bond acceptors (Lipinski definition) is 4. The van der Waals surface area contributed by atoms with Crippen molar-refractivity contribution in [1.82, 2.24) is 0 Å². The van der Waals surface area contributed by atoms with Crippen LogP contribution in [0.1, 0.15) is 12.5 Å². The average molecular weight is 184 g/mol. The maximum atomic E-state index is 9.36. The average Bonchev–Trinajstić information content (AvgIpc) is 2.01. The lowest BCUT2D eigenvalue weighted by Crippen LogP contribution is -2.20. The molecule has 0 spiro atoms. The number of aliphatic hydroxyl groups is 2. The largest absolute Gasteiger partial charge is 0.507 e. The number of hydrogen-bond donors (Lipinski definition) is 3. The Labute approximate surface area is 76.0 Å². The highest BCUT2D eigenvalue weighted by Gasteiger charge is 2.26. The fourth-order valence-electron chi connectivity index (χ4n) is 1.17. The molecule has 0 atom stereocenters. The summed E-state index contributed by atoms with van der Waals surface area (Å²) in [5.74, 6) is -2.06. The van der Waals surface area contributed by atoms with E-state index in [4.69, 9.17) is 4.74 Å². The molecule has 0 aliphatic heterocycles. The molecule has 13 heavy (non-hydrogen) atoms. The lowest BCUT2D eigenvalue weighted by molar-refractivity contribution is -0.154. The second kappa shape index (κ2) is 3.24. The van der Waals surface area contributed by atoms with Crippen LogP contribution < -0.4 is 4.74 Å². The van der Waals surface area contributed by atoms with Gasteiger partial charge in [0, 0.05) is 0 Å². The van der Waals surface area contributed by atoms with E-state index in [1.807, 2.05) is 0 Å². The highest BCUT2D eigenvalue weighted by molar-refractivity contribution is 5.46. The molecule has 0 aliphatic rings. The van der Waals surface area contributed by atoms with Crippen molar-refractivity contribution < 1.29 is 20.1 Å². The number of aromatic hydroxyl groups is 1. The summed E-state index contributed by atoms with van der Waals surface area (Å²) in [5, 5.41) is 28.0. The number of benzene rings is 1. The molecule has 1 aromatic rings. The molecule has 3 N–H and O–H groups in total. The van der Waals surface area contributed by atoms with E-state index in [2.05, 4.69) is 0 Å². The lowest BCUT2D eigenvalue weighted by Gasteiger charge is -2.20. The zero-order valence-electron chi connectivity index (χ0n) is 7.48. The minimum atomic E-state index is -2.10. The lowest BCUT2D eigenvalue weighted by atomic mass is 10.1. The molecule has 0 radical (unpaired) electrons. The third-order valence-corrected chi connectivity index (χ3v) is 1.70. The Balaban J connectivity index is 3.32. The van der Waals surface area contributed by atoms with Gasteiger partial charge in [-0.3, -0.25) is 0 Å². The summed E-state index contributed by atoms with van der Waals surface area (Å²) in [5.41, 5.74) is -0.0301. The second-order valence-corrected chi connectivity index (χ2v) is 2.88. The minimum absolute atomic E-state index is 0.0301. The Kier molecular flexibility index (Phi) is 2.45. The molecule has 0 aliphatic carbocycles. The van der Waals surface area contributed by atoms with E-state index < -0.39 is 5.79 Å². The Morgan fingerprint density at radius 1 is 1.31 bits per heavy atom. The van der Waals surface area contributed by atoms with Gasteiger partial charge in [0.15, 0.2) is 5.79 Å². The smallest absolute Gasteiger partial charge is 0.194 e. The van der Waals surface area contributed by atoms with Crippen molar-refractivity contribution in [3.63, 3.8) is 0 Å². The monoisotopic (exact) mass is 184 g/mol. The van der Waals surface area contributed by atoms with E-state index in [0.717, 1.165) is 6.92 Å². The molecule has 72 valence electrons. The van der Waals surface area contributed by atoms with Crippen molar-refractivity contribution in [2.24, 2.45) is 0 Å². The van der Waals surface area contributed by atoms with Gasteiger partial charge in [0.05, 0.1) is 12.7 Å². The molecule has 0 heterocycles. The quantitative estimate of drug-likeness (QED) is 0.587. The zero-order valence-corrected chi connectivity index (χ0v) is 7.48. The van der Waals surface area contributed by atoms with Gasteiger partial charge >= 0.3 is 0 Å². The van der Waals surface area contributed by atoms with Crippen LogP contribution >= 0.6 is 0 Å². The van der Waals surface area contributed by atoms with Gasteiger partial charge in [-0.2, -0.15) is 0 Å². The highest BCUT2D eigenvalue weighted by atomic mass is 16.5. The summed E-state index contributed by atoms with van der Waals surface area (Å²) < 4.78 is 4.87. The number of rotatable bonds is 2. The van der Waals surface area contributed by atoms with Gasteiger partial charge in [-0.25, -0.2) is 0 Å². The van der Waals surface area contributed by atoms with Crippen LogP contribution in [0.15, 0.2) is 18.2 Å². The molecular weight excluding hydrogens is 172 g/mol. The molecule has 0 bridgehead atoms. The van der Waals surface area contributed by atoms with Crippen molar-refractivity contribution >= 4 is 0 Å². The summed E-state index contributed by atoms with van der Waals surface area (Å²) in [6, 6.07) is 4.46. The van der Waals surface area contributed by atoms with Crippen molar-refractivity contribution in [3.8, 4) is 11.5 Å². The third kappa shape index (κ3) is 1.91. The van der Waals surface area contributed by atoms with Gasteiger partial charge in [0.2, 0.25) is 0 Å². The molecule has 0 fully saturated rings. The van der Waals surface area contributed by atoms with E-state index >= 15 is 0 Å². The summed E-state index contributed by atoms with van der Waals surface area (Å²) in [6.07, 6.45) is 0. The maximum absolute atomic E-state index is 9.36. The van der Waals surface area contributed by atoms with Gasteiger partial charge in [-0.1, -0.05) is 6.07 Å². The molecule has 0 saturated carbocycles. The second-order valence-electron chi connectivity index (χ2n) is 2.88. The SMILES string of the molecule is COc1cccc(O)c1C(C)(O)O. The molecular formula is C9H12O4. The van der Waals surface area contributed by atoms with Gasteiger partial charge in [-0.15, -0.1) is 0 Å². The standard InChI is InChI=1S/C9H12O4/c1-9(11,12)8-6(10)4-3-5-7(8)13-2/h3-5,10-12H,1-2H3. The molecule has 1 rings (SSSR count). The Hall–Kier alpha value is -1.26. The minimum Gasteiger partial charge on any atom is -0.507 e. The van der Waals surface area contributed by atoms with Crippen LogP contribution in [-0.4, -0.2) is 22.4 Å². The van der Waals surface area contributed by atoms with Crippen molar-refractivity contribution in [2.75, 3.05) is 7.11 Å². The topological polar surface area (TPSA) is 69.9 Å². The Morgan fingerprint density at radius 3 is 2.31 bits per heavy atom. The molecule has 1 aromatic carbocycles. The molecule has 0 unspecified atom stereocenters. The van der Waals surface area contributed by atoms with E-state index in [0.29, 0.717) is 0 Å². The van der Waals surface area contributed by atoms with Gasteiger partial charge in [0.1, 0.15) is 11.5 Å². The Morgan fingerprint density at radius 2 is 1.92 bits per heavy atom. The van der Waals surface area contributed by atoms with Crippen LogP contribution in [-0.2, 0) is 5.79 Å². The van der Waals surface area contributed by atoms with E-state index in [9.17, 15) is 15.3 Å². The van der Waals surface area contributed by atoms with Crippen LogP contribution in [0.5, 0.6) is 11.5 Å². The highest BCUT2D eigenvalue weighted by Crippen LogP contribution is 2.34. The molecule has 0 amide bonds. The third-order valence-electron chi connectivity index (χ3n) is 1.70. The number of ether oxygens (including phenoxy) is 1. The van der Waals surface area contributed by atoms with Gasteiger partial charge in [-0.05, 0) is 19.1 Å². The fraction of sp³-hybridized carbons (Fsp3) is 0.333. The first-order chi connectivity index (χ1) is 5.96. The molecule has 4 nitrogen and oxygen atoms in total. The van der Waals surface area contributed by atoms with Crippen LogP contribution in [0.25, 0.3) is 0 Å². The van der Waals surface area contributed by atoms with Crippen molar-refractivity contribution in [1.29, 1.82) is 0 Å². The van der Waals surface area contributed by atoms with E-state index in [-0.39, 0.29) is 17.1 Å². The predicted molar refractivity (Wildman–Crippen MR) is 46.4 cm³/mol. The van der Waals surface area contributed by atoms with E-state index in [1.165, 1.54) is 13.2 Å². The predicted octanol–water partition coefficient (Wildman–Crippen LogP) is 0.558. The molecule has 0 saturated heterocycles. The van der Waals surface area contributed by atoms with Crippen LogP contribution in [0, 0.1) is 0 Å². The van der Waals surface area contributed by atoms with Gasteiger partial charge < -0.3 is 20.1 Å². The first kappa shape index (κ1) is 9.83. The van der Waals surface area contributed by atoms with Crippen molar-refractivity contribution in [2.45, 2.75) is 12.7 Å². The number of methoxy groups -OCH3 is 1. The maximum Gasteiger partial charge on any atom is 0.194 e. The van der Waals surface area contributed by atoms with Gasteiger partial charge in [0.25, 0.3) is 0 Å². The van der Waals surface area contributed by atoms with E-state index in [1.54, 1.807) is 12.1 Å². The number of phenolic OH excluding ortho intramolecular Hbond substituents is 1. The summed E-state index contributed by atoms with van der Waals surface area (Å²) in [4.78, 5) is 0. The van der Waals surface area contributed by atoms with Crippen molar-refractivity contribution in [3.05, 3.63) is 23.8 Å². The summed E-state index contributed by atoms with van der Waals surface area (Å²) >= 11 is 0. The summed E-state index contributed by atoms with van der Waals surface area (Å²) in [6.45, 7) is 1.16. The first-order valence-corrected chi connectivity index (χ1v) is 3.78. The molecule has 0 aromatic heterocycles. The van der Waals surface area contributed by atoms with Crippen LogP contribution in [0.3, 0.4) is 0 Å². The first-order valence-electron chi connectivity index (χ1n) is 3.78. The number of phenols is 1. The molecule has 4 heteroatoms. The fourth-order valence-corrected chi connectivity index (χ4v) is 1.17. The summed E-state index contributed by atoms with van der Waals surface area (Å²) in [7, 11) is 1.39. The zero-order chi connectivity index (χ0) is 10.1. The van der Waals surface area contributed by atoms with Crippen LogP contribution in [0.4, 0.5) is 0 Å². The Bertz CT molecular complexity index is 301. The van der Waals surface area contributed by atoms with Crippen LogP contribution in [0.2, 0.25) is 0 Å².